The van der Waals surface area contributed by atoms with E-state index in [0.29, 0.717) is 0 Å². The lowest BCUT2D eigenvalue weighted by Crippen LogP contribution is -2.55. The SMILES string of the molecule is C#CC(C(=O)[C@H](C)NC(=O)OC(C)(C)C)(C1=CC=CC=CN1)S(=O)[O-]. The van der Waals surface area contributed by atoms with Gasteiger partial charge < -0.3 is 19.9 Å². The third kappa shape index (κ3) is 5.05. The molecule has 136 valence electrons. The molecule has 0 aromatic heterocycles. The van der Waals surface area contributed by atoms with Crippen LogP contribution in [0.15, 0.2) is 36.2 Å². The fourth-order valence-corrected chi connectivity index (χ4v) is 2.78. The number of amides is 1. The number of Topliss-reactive ketones (excluding diaryl/α,β-unsaturated/α-hetero) is 1. The minimum absolute atomic E-state index is 0.00354. The lowest BCUT2D eigenvalue weighted by molar-refractivity contribution is -0.121. The molecule has 1 rings (SSSR count). The second-order valence-electron chi connectivity index (χ2n) is 6.26. The largest absolute Gasteiger partial charge is 0.771 e. The summed E-state index contributed by atoms with van der Waals surface area (Å²) in [7, 11) is 0. The second-order valence-corrected chi connectivity index (χ2v) is 7.34. The molecule has 0 spiro atoms. The first kappa shape index (κ1) is 20.7. The molecule has 0 bridgehead atoms. The summed E-state index contributed by atoms with van der Waals surface area (Å²) in [6, 6.07) is -1.19. The lowest BCUT2D eigenvalue weighted by Gasteiger charge is -2.34. The first-order chi connectivity index (χ1) is 11.5. The van der Waals surface area contributed by atoms with E-state index >= 15 is 0 Å². The Labute approximate surface area is 149 Å². The van der Waals surface area contributed by atoms with Crippen molar-refractivity contribution in [3.8, 4) is 12.3 Å². The van der Waals surface area contributed by atoms with Gasteiger partial charge in [0.25, 0.3) is 0 Å². The topological polar surface area (TPSA) is 108 Å². The third-order valence-corrected chi connectivity index (χ3v) is 4.17. The molecule has 8 heteroatoms. The fraction of sp³-hybridized carbons (Fsp3) is 0.412. The number of carbonyl (C=O) groups is 2. The van der Waals surface area contributed by atoms with Crippen molar-refractivity contribution in [3.63, 3.8) is 0 Å². The van der Waals surface area contributed by atoms with Gasteiger partial charge in [-0.15, -0.1) is 6.42 Å². The number of ether oxygens (including phenoxy) is 1. The smallest absolute Gasteiger partial charge is 0.408 e. The maximum Gasteiger partial charge on any atom is 0.408 e. The number of carbonyl (C=O) groups excluding carboxylic acids is 2. The maximum atomic E-state index is 12.8. The van der Waals surface area contributed by atoms with Gasteiger partial charge in [-0.1, -0.05) is 18.1 Å². The highest BCUT2D eigenvalue weighted by atomic mass is 32.2. The molecule has 0 aromatic carbocycles. The number of rotatable bonds is 5. The van der Waals surface area contributed by atoms with Gasteiger partial charge in [0.05, 0.1) is 11.7 Å². The van der Waals surface area contributed by atoms with Crippen LogP contribution in [0.25, 0.3) is 0 Å². The van der Waals surface area contributed by atoms with Crippen LogP contribution in [0.4, 0.5) is 4.79 Å². The average molecular weight is 365 g/mol. The average Bonchev–Trinajstić information content (AvgIpc) is 2.75. The minimum Gasteiger partial charge on any atom is -0.771 e. The van der Waals surface area contributed by atoms with Crippen LogP contribution in [0.2, 0.25) is 0 Å². The van der Waals surface area contributed by atoms with Crippen LogP contribution in [-0.2, 0) is 20.6 Å². The zero-order chi connectivity index (χ0) is 19.3. The van der Waals surface area contributed by atoms with E-state index in [1.807, 2.05) is 0 Å². The van der Waals surface area contributed by atoms with Crippen molar-refractivity contribution in [2.75, 3.05) is 0 Å². The van der Waals surface area contributed by atoms with Crippen LogP contribution in [0.1, 0.15) is 27.7 Å². The van der Waals surface area contributed by atoms with Crippen molar-refractivity contribution in [3.05, 3.63) is 36.2 Å². The first-order valence-electron chi connectivity index (χ1n) is 7.46. The first-order valence-corrected chi connectivity index (χ1v) is 8.53. The van der Waals surface area contributed by atoms with Crippen LogP contribution in [0.5, 0.6) is 0 Å². The molecule has 2 unspecified atom stereocenters. The van der Waals surface area contributed by atoms with E-state index in [9.17, 15) is 18.4 Å². The predicted octanol–water partition coefficient (Wildman–Crippen LogP) is 1.28. The van der Waals surface area contributed by atoms with E-state index in [2.05, 4.69) is 16.6 Å². The number of hydrogen-bond acceptors (Lipinski definition) is 6. The summed E-state index contributed by atoms with van der Waals surface area (Å²) in [5.41, 5.74) is -0.769. The summed E-state index contributed by atoms with van der Waals surface area (Å²) in [6.45, 7) is 6.33. The quantitative estimate of drug-likeness (QED) is 0.561. The molecule has 0 saturated heterocycles. The Hall–Kier alpha value is -2.37. The Morgan fingerprint density at radius 3 is 2.52 bits per heavy atom. The van der Waals surface area contributed by atoms with Gasteiger partial charge in [0.15, 0.2) is 10.5 Å². The summed E-state index contributed by atoms with van der Waals surface area (Å²) < 4.78 is 26.6. The highest BCUT2D eigenvalue weighted by Crippen LogP contribution is 2.25. The van der Waals surface area contributed by atoms with Crippen molar-refractivity contribution in [2.24, 2.45) is 0 Å². The van der Waals surface area contributed by atoms with E-state index in [4.69, 9.17) is 11.2 Å². The molecule has 3 atom stereocenters. The van der Waals surface area contributed by atoms with Gasteiger partial charge in [-0.25, -0.2) is 4.79 Å². The molecule has 0 aliphatic carbocycles. The normalized spacial score (nSPS) is 18.5. The summed E-state index contributed by atoms with van der Waals surface area (Å²) in [4.78, 5) is 24.7. The molecule has 0 fully saturated rings. The van der Waals surface area contributed by atoms with Crippen molar-refractivity contribution < 1.29 is 23.1 Å². The molecule has 25 heavy (non-hydrogen) atoms. The van der Waals surface area contributed by atoms with Gasteiger partial charge in [-0.05, 0) is 50.9 Å². The summed E-state index contributed by atoms with van der Waals surface area (Å²) >= 11 is -2.98. The zero-order valence-corrected chi connectivity index (χ0v) is 15.3. The molecule has 1 heterocycles. The molecule has 1 aliphatic heterocycles. The molecule has 0 radical (unpaired) electrons. The Morgan fingerprint density at radius 1 is 1.36 bits per heavy atom. The summed E-state index contributed by atoms with van der Waals surface area (Å²) in [5.74, 6) is 1.18. The van der Waals surface area contributed by atoms with E-state index in [1.54, 1.807) is 39.0 Å². The molecule has 0 saturated carbocycles. The molecule has 0 aromatic rings. The summed E-state index contributed by atoms with van der Waals surface area (Å²) in [6.07, 6.45) is 12.2. The van der Waals surface area contributed by atoms with Crippen molar-refractivity contribution in [2.45, 2.75) is 44.1 Å². The standard InChI is InChI=1S/C17H22N2O5S/c1-6-17(25(22)23,13-10-8-7-9-11-18-13)14(20)12(2)19-15(21)24-16(3,4)5/h1,7-12,18H,2-5H3,(H,19,21)(H,22,23)/p-1/t12-,17?/m0/s1. The predicted molar refractivity (Wildman–Crippen MR) is 93.8 cm³/mol. The van der Waals surface area contributed by atoms with Crippen molar-refractivity contribution in [1.29, 1.82) is 0 Å². The summed E-state index contributed by atoms with van der Waals surface area (Å²) in [5, 5.41) is 5.01. The number of allylic oxidation sites excluding steroid dienone is 4. The fourth-order valence-electron chi connectivity index (χ4n) is 2.03. The van der Waals surface area contributed by atoms with Crippen LogP contribution in [-0.4, -0.2) is 37.0 Å². The number of ketones is 1. The van der Waals surface area contributed by atoms with Crippen molar-refractivity contribution in [1.82, 2.24) is 10.6 Å². The van der Waals surface area contributed by atoms with Crippen LogP contribution in [0.3, 0.4) is 0 Å². The van der Waals surface area contributed by atoms with E-state index < -0.39 is 39.3 Å². The van der Waals surface area contributed by atoms with Gasteiger partial charge in [0.1, 0.15) is 5.60 Å². The van der Waals surface area contributed by atoms with Gasteiger partial charge in [-0.2, -0.15) is 0 Å². The third-order valence-electron chi connectivity index (χ3n) is 3.13. The maximum absolute atomic E-state index is 12.8. The number of alkyl carbamates (subject to hydrolysis) is 1. The van der Waals surface area contributed by atoms with Gasteiger partial charge in [0, 0.05) is 6.20 Å². The Balaban J connectivity index is 3.14. The Morgan fingerprint density at radius 2 is 2.00 bits per heavy atom. The molecular formula is C17H21N2O5S-. The molecule has 1 aliphatic rings. The van der Waals surface area contributed by atoms with Crippen LogP contribution in [0, 0.1) is 12.3 Å². The molecule has 2 N–H and O–H groups in total. The Kier molecular flexibility index (Phi) is 6.73. The van der Waals surface area contributed by atoms with Gasteiger partial charge in [0.2, 0.25) is 0 Å². The minimum atomic E-state index is -2.98. The number of terminal acetylenes is 1. The monoisotopic (exact) mass is 365 g/mol. The second kappa shape index (κ2) is 8.14. The zero-order valence-electron chi connectivity index (χ0n) is 14.5. The lowest BCUT2D eigenvalue weighted by atomic mass is 9.94. The number of nitrogens with one attached hydrogen (secondary N) is 2. The van der Waals surface area contributed by atoms with E-state index in [-0.39, 0.29) is 5.70 Å². The highest BCUT2D eigenvalue weighted by Gasteiger charge is 2.45. The molecular weight excluding hydrogens is 344 g/mol. The van der Waals surface area contributed by atoms with Crippen LogP contribution >= 0.6 is 0 Å². The van der Waals surface area contributed by atoms with Gasteiger partial charge in [-0.3, -0.25) is 9.00 Å². The highest BCUT2D eigenvalue weighted by molar-refractivity contribution is 7.82. The number of hydrogen-bond donors (Lipinski definition) is 2. The van der Waals surface area contributed by atoms with E-state index in [1.165, 1.54) is 19.2 Å². The molecule has 1 amide bonds. The Bertz CT molecular complexity index is 697. The van der Waals surface area contributed by atoms with Gasteiger partial charge >= 0.3 is 6.09 Å². The van der Waals surface area contributed by atoms with Crippen LogP contribution < -0.4 is 10.6 Å². The molecule has 7 nitrogen and oxygen atoms in total. The van der Waals surface area contributed by atoms with Crippen molar-refractivity contribution >= 4 is 23.0 Å². The van der Waals surface area contributed by atoms with E-state index in [0.717, 1.165) is 0 Å².